The predicted octanol–water partition coefficient (Wildman–Crippen LogP) is 4.25. The first-order chi connectivity index (χ1) is 11.9. The molecule has 0 saturated carbocycles. The summed E-state index contributed by atoms with van der Waals surface area (Å²) in [6, 6.07) is 10.1. The fourth-order valence-electron chi connectivity index (χ4n) is 3.07. The summed E-state index contributed by atoms with van der Waals surface area (Å²) in [6.07, 6.45) is -2.94. The van der Waals surface area contributed by atoms with Gasteiger partial charge in [0.05, 0.1) is 17.4 Å². The van der Waals surface area contributed by atoms with Crippen molar-refractivity contribution in [2.24, 2.45) is 7.05 Å². The van der Waals surface area contributed by atoms with E-state index in [9.17, 15) is 13.2 Å². The van der Waals surface area contributed by atoms with Crippen LogP contribution in [0.25, 0.3) is 22.2 Å². The lowest BCUT2D eigenvalue weighted by Crippen LogP contribution is -2.39. The lowest BCUT2D eigenvalue weighted by molar-refractivity contribution is -0.274. The molecule has 0 bridgehead atoms. The average Bonchev–Trinajstić information content (AvgIpc) is 2.86. The standard InChI is InChI=1S/C18H16F3N3O.ClH/c1-24-10-23-17-15(6-12(7-16(17)24)13-8-22-9-13)11-2-4-14(5-3-11)25-18(19,20)21;/h2-7,10,13,22H,8-9H2,1H3;1H. The lowest BCUT2D eigenvalue weighted by atomic mass is 9.90. The molecule has 0 aliphatic carbocycles. The zero-order valence-corrected chi connectivity index (χ0v) is 14.7. The fourth-order valence-corrected chi connectivity index (χ4v) is 3.07. The molecule has 0 atom stereocenters. The third-order valence-corrected chi connectivity index (χ3v) is 4.50. The van der Waals surface area contributed by atoms with Gasteiger partial charge in [-0.3, -0.25) is 0 Å². The Morgan fingerprint density at radius 3 is 2.42 bits per heavy atom. The Labute approximate surface area is 154 Å². The van der Waals surface area contributed by atoms with Gasteiger partial charge in [0.15, 0.2) is 0 Å². The first-order valence-electron chi connectivity index (χ1n) is 7.92. The van der Waals surface area contributed by atoms with E-state index < -0.39 is 6.36 Å². The maximum absolute atomic E-state index is 12.3. The van der Waals surface area contributed by atoms with Crippen molar-refractivity contribution in [1.29, 1.82) is 0 Å². The van der Waals surface area contributed by atoms with Crippen LogP contribution in [0.4, 0.5) is 13.2 Å². The number of fused-ring (bicyclic) bond motifs is 1. The molecule has 2 heterocycles. The Kier molecular flexibility index (Phi) is 4.86. The average molecular weight is 384 g/mol. The zero-order valence-electron chi connectivity index (χ0n) is 13.9. The molecule has 0 spiro atoms. The number of aryl methyl sites for hydroxylation is 1. The van der Waals surface area contributed by atoms with Crippen LogP contribution in [0.3, 0.4) is 0 Å². The summed E-state index contributed by atoms with van der Waals surface area (Å²) in [5, 5.41) is 3.26. The summed E-state index contributed by atoms with van der Waals surface area (Å²) in [7, 11) is 1.93. The number of alkyl halides is 3. The van der Waals surface area contributed by atoms with Gasteiger partial charge in [0.1, 0.15) is 5.75 Å². The topological polar surface area (TPSA) is 39.1 Å². The van der Waals surface area contributed by atoms with Crippen LogP contribution in [0.2, 0.25) is 0 Å². The van der Waals surface area contributed by atoms with Gasteiger partial charge < -0.3 is 14.6 Å². The van der Waals surface area contributed by atoms with Crippen LogP contribution in [0.15, 0.2) is 42.7 Å². The van der Waals surface area contributed by atoms with E-state index in [0.717, 1.165) is 35.2 Å². The Bertz CT molecular complexity index is 918. The maximum atomic E-state index is 12.3. The smallest absolute Gasteiger partial charge is 0.406 e. The highest BCUT2D eigenvalue weighted by Crippen LogP contribution is 2.34. The minimum atomic E-state index is -4.69. The summed E-state index contributed by atoms with van der Waals surface area (Å²) in [5.74, 6) is 0.221. The van der Waals surface area contributed by atoms with Gasteiger partial charge in [0.2, 0.25) is 0 Å². The van der Waals surface area contributed by atoms with Gasteiger partial charge in [-0.25, -0.2) is 4.98 Å². The van der Waals surface area contributed by atoms with Crippen molar-refractivity contribution in [1.82, 2.24) is 14.9 Å². The monoisotopic (exact) mass is 383 g/mol. The number of nitrogens with zero attached hydrogens (tertiary/aromatic N) is 2. The summed E-state index contributed by atoms with van der Waals surface area (Å²) in [4.78, 5) is 4.46. The molecular weight excluding hydrogens is 367 g/mol. The third-order valence-electron chi connectivity index (χ3n) is 4.50. The van der Waals surface area contributed by atoms with Crippen LogP contribution in [-0.4, -0.2) is 29.0 Å². The van der Waals surface area contributed by atoms with Crippen LogP contribution in [0, 0.1) is 0 Å². The summed E-state index contributed by atoms with van der Waals surface area (Å²) in [6.45, 7) is 1.86. The molecule has 1 fully saturated rings. The van der Waals surface area contributed by atoms with Crippen LogP contribution in [0.1, 0.15) is 11.5 Å². The van der Waals surface area contributed by atoms with Gasteiger partial charge in [-0.2, -0.15) is 0 Å². The molecule has 4 nitrogen and oxygen atoms in total. The van der Waals surface area contributed by atoms with Gasteiger partial charge in [-0.1, -0.05) is 12.1 Å². The minimum absolute atomic E-state index is 0. The van der Waals surface area contributed by atoms with E-state index in [-0.39, 0.29) is 18.2 Å². The number of rotatable bonds is 3. The van der Waals surface area contributed by atoms with E-state index in [2.05, 4.69) is 27.2 Å². The molecule has 0 amide bonds. The van der Waals surface area contributed by atoms with Gasteiger partial charge in [0.25, 0.3) is 0 Å². The lowest BCUT2D eigenvalue weighted by Gasteiger charge is -2.28. The van der Waals surface area contributed by atoms with Crippen LogP contribution >= 0.6 is 12.4 Å². The second-order valence-corrected chi connectivity index (χ2v) is 6.22. The van der Waals surface area contributed by atoms with Crippen molar-refractivity contribution in [3.05, 3.63) is 48.3 Å². The van der Waals surface area contributed by atoms with E-state index in [4.69, 9.17) is 0 Å². The quantitative estimate of drug-likeness (QED) is 0.735. The molecule has 1 N–H and O–H groups in total. The second-order valence-electron chi connectivity index (χ2n) is 6.22. The zero-order chi connectivity index (χ0) is 17.6. The van der Waals surface area contributed by atoms with E-state index >= 15 is 0 Å². The molecule has 138 valence electrons. The van der Waals surface area contributed by atoms with Gasteiger partial charge in [-0.15, -0.1) is 25.6 Å². The van der Waals surface area contributed by atoms with E-state index in [1.54, 1.807) is 18.5 Å². The van der Waals surface area contributed by atoms with Crippen LogP contribution in [0.5, 0.6) is 5.75 Å². The van der Waals surface area contributed by atoms with Crippen molar-refractivity contribution in [3.63, 3.8) is 0 Å². The molecular formula is C18H17ClF3N3O. The van der Waals surface area contributed by atoms with Gasteiger partial charge in [0, 0.05) is 31.6 Å². The van der Waals surface area contributed by atoms with Crippen LogP contribution < -0.4 is 10.1 Å². The molecule has 1 saturated heterocycles. The van der Waals surface area contributed by atoms with Crippen molar-refractivity contribution in [2.75, 3.05) is 13.1 Å². The van der Waals surface area contributed by atoms with Crippen molar-refractivity contribution in [2.45, 2.75) is 12.3 Å². The first kappa shape index (κ1) is 18.5. The number of halogens is 4. The molecule has 4 rings (SSSR count). The van der Waals surface area contributed by atoms with Crippen molar-refractivity contribution >= 4 is 23.4 Å². The molecule has 0 radical (unpaired) electrons. The first-order valence-corrected chi connectivity index (χ1v) is 7.92. The largest absolute Gasteiger partial charge is 0.573 e. The second kappa shape index (κ2) is 6.81. The van der Waals surface area contributed by atoms with Crippen molar-refractivity contribution < 1.29 is 17.9 Å². The number of aromatic nitrogens is 2. The highest BCUT2D eigenvalue weighted by Gasteiger charge is 2.31. The molecule has 8 heteroatoms. The molecule has 3 aromatic rings. The third kappa shape index (κ3) is 3.50. The number of benzene rings is 2. The van der Waals surface area contributed by atoms with E-state index in [0.29, 0.717) is 5.92 Å². The number of hydrogen-bond donors (Lipinski definition) is 1. The Hall–Kier alpha value is -2.25. The Morgan fingerprint density at radius 1 is 1.15 bits per heavy atom. The minimum Gasteiger partial charge on any atom is -0.406 e. The number of nitrogens with one attached hydrogen (secondary N) is 1. The number of imidazole rings is 1. The maximum Gasteiger partial charge on any atom is 0.573 e. The molecule has 26 heavy (non-hydrogen) atoms. The molecule has 1 aliphatic rings. The van der Waals surface area contributed by atoms with E-state index in [1.165, 1.54) is 17.7 Å². The normalized spacial score (nSPS) is 14.8. The fraction of sp³-hybridized carbons (Fsp3) is 0.278. The van der Waals surface area contributed by atoms with Gasteiger partial charge in [-0.05, 0) is 35.4 Å². The predicted molar refractivity (Wildman–Crippen MR) is 95.7 cm³/mol. The SMILES string of the molecule is Cl.Cn1cnc2c(-c3ccc(OC(F)(F)F)cc3)cc(C3CNC3)cc21. The van der Waals surface area contributed by atoms with Gasteiger partial charge >= 0.3 is 6.36 Å². The van der Waals surface area contributed by atoms with Crippen molar-refractivity contribution in [3.8, 4) is 16.9 Å². The molecule has 0 unspecified atom stereocenters. The number of hydrogen-bond acceptors (Lipinski definition) is 3. The summed E-state index contributed by atoms with van der Waals surface area (Å²) in [5.41, 5.74) is 4.78. The molecule has 1 aliphatic heterocycles. The molecule has 1 aromatic heterocycles. The molecule has 2 aromatic carbocycles. The Morgan fingerprint density at radius 2 is 1.85 bits per heavy atom. The van der Waals surface area contributed by atoms with E-state index in [1.807, 2.05) is 11.6 Å². The summed E-state index contributed by atoms with van der Waals surface area (Å²) >= 11 is 0. The summed E-state index contributed by atoms with van der Waals surface area (Å²) < 4.78 is 42.9. The number of ether oxygens (including phenoxy) is 1. The Balaban J connectivity index is 0.00000196. The highest BCUT2D eigenvalue weighted by molar-refractivity contribution is 5.93. The van der Waals surface area contributed by atoms with Crippen LogP contribution in [-0.2, 0) is 7.05 Å². The highest BCUT2D eigenvalue weighted by atomic mass is 35.5.